The highest BCUT2D eigenvalue weighted by Crippen LogP contribution is 2.61. The number of carbonyl (C=O) groups excluding carboxylic acids is 2. The van der Waals surface area contributed by atoms with E-state index in [1.807, 2.05) is 0 Å². The molecule has 4 unspecified atom stereocenters. The predicted molar refractivity (Wildman–Crippen MR) is 83.7 cm³/mol. The van der Waals surface area contributed by atoms with Crippen LogP contribution in [0.3, 0.4) is 0 Å². The molecule has 4 fully saturated rings. The molecule has 22 heavy (non-hydrogen) atoms. The molecule has 4 saturated carbocycles. The minimum Gasteiger partial charge on any atom is -0.298 e. The van der Waals surface area contributed by atoms with Crippen LogP contribution in [0.15, 0.2) is 24.3 Å². The molecule has 0 bridgehead atoms. The first-order valence-electron chi connectivity index (χ1n) is 8.91. The lowest BCUT2D eigenvalue weighted by molar-refractivity contribution is -0.113. The summed E-state index contributed by atoms with van der Waals surface area (Å²) in [5, 5.41) is 0. The Bertz CT molecular complexity index is 614. The molecule has 4 atom stereocenters. The molecule has 2 heteroatoms. The summed E-state index contributed by atoms with van der Waals surface area (Å²) in [6, 6.07) is 8.63. The van der Waals surface area contributed by atoms with E-state index < -0.39 is 0 Å². The summed E-state index contributed by atoms with van der Waals surface area (Å²) in [5.74, 6) is 1.51. The van der Waals surface area contributed by atoms with Crippen molar-refractivity contribution in [2.45, 2.75) is 62.2 Å². The fourth-order valence-electron chi connectivity index (χ4n) is 5.72. The maximum Gasteiger partial charge on any atom is 0.148 e. The van der Waals surface area contributed by atoms with Gasteiger partial charge in [0.15, 0.2) is 0 Å². The van der Waals surface area contributed by atoms with E-state index in [1.165, 1.54) is 36.8 Å². The molecule has 0 aromatic heterocycles. The highest BCUT2D eigenvalue weighted by atomic mass is 16.1. The van der Waals surface area contributed by atoms with E-state index in [1.54, 1.807) is 0 Å². The van der Waals surface area contributed by atoms with Crippen LogP contribution in [0.5, 0.6) is 0 Å². The van der Waals surface area contributed by atoms with Crippen molar-refractivity contribution in [2.75, 3.05) is 0 Å². The predicted octanol–water partition coefficient (Wildman–Crippen LogP) is 3.71. The SMILES string of the molecule is O=C1C2CCCCC12c1ccc(C23CCCCC2C3=O)cc1. The van der Waals surface area contributed by atoms with E-state index in [9.17, 15) is 9.59 Å². The van der Waals surface area contributed by atoms with E-state index in [0.29, 0.717) is 11.6 Å². The number of carbonyl (C=O) groups is 2. The molecule has 1 aromatic carbocycles. The lowest BCUT2D eigenvalue weighted by atomic mass is 9.79. The quantitative estimate of drug-likeness (QED) is 0.833. The van der Waals surface area contributed by atoms with Gasteiger partial charge in [-0.25, -0.2) is 0 Å². The van der Waals surface area contributed by atoms with Crippen LogP contribution >= 0.6 is 0 Å². The van der Waals surface area contributed by atoms with Crippen LogP contribution in [0.1, 0.15) is 62.5 Å². The Balaban J connectivity index is 1.48. The molecular weight excluding hydrogens is 272 g/mol. The van der Waals surface area contributed by atoms with Crippen molar-refractivity contribution in [2.24, 2.45) is 11.8 Å². The van der Waals surface area contributed by atoms with Crippen LogP contribution in [0, 0.1) is 11.8 Å². The van der Waals surface area contributed by atoms with Gasteiger partial charge in [0.1, 0.15) is 11.6 Å². The molecule has 2 nitrogen and oxygen atoms in total. The van der Waals surface area contributed by atoms with Crippen molar-refractivity contribution in [1.82, 2.24) is 0 Å². The second-order valence-corrected chi connectivity index (χ2v) is 7.85. The van der Waals surface area contributed by atoms with E-state index in [-0.39, 0.29) is 22.7 Å². The highest BCUT2D eigenvalue weighted by Gasteiger charge is 2.67. The summed E-state index contributed by atoms with van der Waals surface area (Å²) in [6.07, 6.45) is 8.97. The van der Waals surface area contributed by atoms with Gasteiger partial charge >= 0.3 is 0 Å². The first-order valence-corrected chi connectivity index (χ1v) is 8.91. The number of benzene rings is 1. The molecule has 0 saturated heterocycles. The third-order valence-electron chi connectivity index (χ3n) is 7.08. The zero-order valence-electron chi connectivity index (χ0n) is 12.9. The van der Waals surface area contributed by atoms with Crippen LogP contribution in [0.2, 0.25) is 0 Å². The highest BCUT2D eigenvalue weighted by molar-refractivity contribution is 6.10. The topological polar surface area (TPSA) is 34.1 Å². The van der Waals surface area contributed by atoms with E-state index in [4.69, 9.17) is 0 Å². The van der Waals surface area contributed by atoms with Crippen LogP contribution in [-0.2, 0) is 20.4 Å². The van der Waals surface area contributed by atoms with Crippen molar-refractivity contribution < 1.29 is 9.59 Å². The Morgan fingerprint density at radius 3 is 1.45 bits per heavy atom. The van der Waals surface area contributed by atoms with Gasteiger partial charge in [0.05, 0.1) is 10.8 Å². The average Bonchev–Trinajstić information content (AvgIpc) is 3.41. The van der Waals surface area contributed by atoms with Crippen molar-refractivity contribution in [3.63, 3.8) is 0 Å². The minimum atomic E-state index is -0.145. The summed E-state index contributed by atoms with van der Waals surface area (Å²) in [7, 11) is 0. The fraction of sp³-hybridized carbons (Fsp3) is 0.600. The molecule has 4 aliphatic carbocycles. The maximum atomic E-state index is 12.3. The lowest BCUT2D eigenvalue weighted by Crippen LogP contribution is -2.18. The molecule has 0 spiro atoms. The van der Waals surface area contributed by atoms with E-state index in [2.05, 4.69) is 24.3 Å². The molecule has 114 valence electrons. The Kier molecular flexibility index (Phi) is 2.43. The van der Waals surface area contributed by atoms with Crippen LogP contribution in [-0.4, -0.2) is 11.6 Å². The Hall–Kier alpha value is -1.44. The van der Waals surface area contributed by atoms with Gasteiger partial charge in [-0.3, -0.25) is 9.59 Å². The first-order chi connectivity index (χ1) is 10.7. The zero-order chi connectivity index (χ0) is 14.9. The fourth-order valence-corrected chi connectivity index (χ4v) is 5.72. The Morgan fingerprint density at radius 2 is 1.09 bits per heavy atom. The second kappa shape index (κ2) is 4.10. The third-order valence-corrected chi connectivity index (χ3v) is 7.08. The van der Waals surface area contributed by atoms with E-state index >= 15 is 0 Å². The van der Waals surface area contributed by atoms with Gasteiger partial charge in [-0.1, -0.05) is 49.9 Å². The molecule has 0 heterocycles. The maximum absolute atomic E-state index is 12.3. The standard InChI is InChI=1S/C20H22O2/c21-17-15-5-1-3-11-19(15,17)13-7-9-14(10-8-13)20-12-4-2-6-16(20)18(20)22/h7-10,15-16H,1-6,11-12H2. The number of hydrogen-bond acceptors (Lipinski definition) is 2. The van der Waals surface area contributed by atoms with Gasteiger partial charge in [-0.2, -0.15) is 0 Å². The van der Waals surface area contributed by atoms with Crippen LogP contribution in [0.25, 0.3) is 0 Å². The zero-order valence-corrected chi connectivity index (χ0v) is 12.9. The summed E-state index contributed by atoms with van der Waals surface area (Å²) in [6.45, 7) is 0. The molecule has 0 radical (unpaired) electrons. The van der Waals surface area contributed by atoms with Gasteiger partial charge in [0.2, 0.25) is 0 Å². The van der Waals surface area contributed by atoms with Crippen molar-refractivity contribution in [3.05, 3.63) is 35.4 Å². The number of rotatable bonds is 2. The second-order valence-electron chi connectivity index (χ2n) is 7.85. The van der Waals surface area contributed by atoms with Crippen LogP contribution in [0.4, 0.5) is 0 Å². The number of fused-ring (bicyclic) bond motifs is 2. The van der Waals surface area contributed by atoms with Crippen molar-refractivity contribution >= 4 is 11.6 Å². The molecular formula is C20H22O2. The largest absolute Gasteiger partial charge is 0.298 e. The van der Waals surface area contributed by atoms with E-state index in [0.717, 1.165) is 25.7 Å². The normalized spacial score (nSPS) is 42.5. The van der Waals surface area contributed by atoms with Crippen LogP contribution < -0.4 is 0 Å². The van der Waals surface area contributed by atoms with Gasteiger partial charge < -0.3 is 0 Å². The monoisotopic (exact) mass is 294 g/mol. The smallest absolute Gasteiger partial charge is 0.148 e. The van der Waals surface area contributed by atoms with Gasteiger partial charge in [-0.15, -0.1) is 0 Å². The van der Waals surface area contributed by atoms with Crippen molar-refractivity contribution in [1.29, 1.82) is 0 Å². The van der Waals surface area contributed by atoms with Gasteiger partial charge in [0, 0.05) is 11.8 Å². The van der Waals surface area contributed by atoms with Gasteiger partial charge in [0.25, 0.3) is 0 Å². The summed E-state index contributed by atoms with van der Waals surface area (Å²) in [4.78, 5) is 24.6. The molecule has 5 rings (SSSR count). The molecule has 0 amide bonds. The number of hydrogen-bond donors (Lipinski definition) is 0. The Labute approximate surface area is 131 Å². The first kappa shape index (κ1) is 13.0. The number of Topliss-reactive ketones (excluding diaryl/α,β-unsaturated/α-hetero) is 2. The minimum absolute atomic E-state index is 0.145. The summed E-state index contributed by atoms with van der Waals surface area (Å²) >= 11 is 0. The molecule has 4 aliphatic rings. The van der Waals surface area contributed by atoms with Crippen molar-refractivity contribution in [3.8, 4) is 0 Å². The third kappa shape index (κ3) is 1.37. The number of ketones is 2. The molecule has 1 aromatic rings. The Morgan fingerprint density at radius 1 is 0.682 bits per heavy atom. The summed E-state index contributed by atoms with van der Waals surface area (Å²) in [5.41, 5.74) is 2.13. The lowest BCUT2D eigenvalue weighted by Gasteiger charge is -2.23. The summed E-state index contributed by atoms with van der Waals surface area (Å²) < 4.78 is 0. The van der Waals surface area contributed by atoms with Gasteiger partial charge in [-0.05, 0) is 36.8 Å². The molecule has 0 N–H and O–H groups in total. The molecule has 0 aliphatic heterocycles. The average molecular weight is 294 g/mol.